The molecule has 3 fully saturated rings. The summed E-state index contributed by atoms with van der Waals surface area (Å²) >= 11 is 1.64. The molecule has 0 radical (unpaired) electrons. The van der Waals surface area contributed by atoms with Gasteiger partial charge in [0.25, 0.3) is 0 Å². The van der Waals surface area contributed by atoms with Crippen LogP contribution in [0.3, 0.4) is 0 Å². The van der Waals surface area contributed by atoms with Crippen molar-refractivity contribution >= 4 is 29.5 Å². The van der Waals surface area contributed by atoms with E-state index in [9.17, 15) is 14.4 Å². The van der Waals surface area contributed by atoms with E-state index in [2.05, 4.69) is 17.4 Å². The van der Waals surface area contributed by atoms with E-state index in [1.807, 2.05) is 24.5 Å². The predicted octanol–water partition coefficient (Wildman–Crippen LogP) is 3.13. The average molecular weight is 415 g/mol. The minimum Gasteiger partial charge on any atom is -0.353 e. The normalized spacial score (nSPS) is 26.2. The van der Waals surface area contributed by atoms with Crippen LogP contribution in [0, 0.1) is 11.8 Å². The highest BCUT2D eigenvalue weighted by atomic mass is 32.2. The first-order chi connectivity index (χ1) is 14.1. The second-order valence-corrected chi connectivity index (χ2v) is 9.69. The lowest BCUT2D eigenvalue weighted by Crippen LogP contribution is -2.51. The fraction of sp³-hybridized carbons (Fsp3) is 0.609. The third kappa shape index (κ3) is 3.96. The summed E-state index contributed by atoms with van der Waals surface area (Å²) in [6.45, 7) is 0.564. The largest absolute Gasteiger partial charge is 0.353 e. The molecule has 1 N–H and O–H groups in total. The Bertz CT molecular complexity index is 754. The summed E-state index contributed by atoms with van der Waals surface area (Å²) < 4.78 is 0. The highest BCUT2D eigenvalue weighted by Gasteiger charge is 2.52. The summed E-state index contributed by atoms with van der Waals surface area (Å²) in [6, 6.07) is 9.61. The fourth-order valence-corrected chi connectivity index (χ4v) is 5.45. The summed E-state index contributed by atoms with van der Waals surface area (Å²) in [4.78, 5) is 40.5. The lowest BCUT2D eigenvalue weighted by atomic mass is 9.81. The van der Waals surface area contributed by atoms with E-state index in [1.165, 1.54) is 10.5 Å². The van der Waals surface area contributed by atoms with Crippen LogP contribution < -0.4 is 5.32 Å². The lowest BCUT2D eigenvalue weighted by Gasteiger charge is -2.27. The van der Waals surface area contributed by atoms with Crippen molar-refractivity contribution in [1.82, 2.24) is 10.2 Å². The third-order valence-electron chi connectivity index (χ3n) is 6.93. The Balaban J connectivity index is 1.47. The minimum atomic E-state index is -0.681. The smallest absolute Gasteiger partial charge is 0.243 e. The van der Waals surface area contributed by atoms with Crippen molar-refractivity contribution in [2.75, 3.05) is 18.6 Å². The Labute approximate surface area is 177 Å². The maximum atomic E-state index is 13.2. The third-order valence-corrected chi connectivity index (χ3v) is 7.57. The molecule has 1 aromatic rings. The number of benzene rings is 1. The van der Waals surface area contributed by atoms with Gasteiger partial charge in [0.05, 0.1) is 11.8 Å². The Morgan fingerprint density at radius 1 is 1.14 bits per heavy atom. The van der Waals surface area contributed by atoms with Gasteiger partial charge >= 0.3 is 0 Å². The molecule has 1 aromatic carbocycles. The van der Waals surface area contributed by atoms with Gasteiger partial charge in [-0.05, 0) is 49.7 Å². The monoisotopic (exact) mass is 414 g/mol. The topological polar surface area (TPSA) is 66.5 Å². The Morgan fingerprint density at radius 3 is 2.31 bits per heavy atom. The molecule has 6 heteroatoms. The zero-order valence-corrected chi connectivity index (χ0v) is 17.9. The van der Waals surface area contributed by atoms with E-state index in [-0.39, 0.29) is 35.0 Å². The molecule has 1 saturated heterocycles. The number of hydrogen-bond acceptors (Lipinski definition) is 4. The second-order valence-electron chi connectivity index (χ2n) is 8.71. The van der Waals surface area contributed by atoms with Crippen LogP contribution in [-0.4, -0.2) is 47.2 Å². The van der Waals surface area contributed by atoms with Crippen LogP contribution in [0.15, 0.2) is 30.3 Å². The molecule has 3 aliphatic rings. The summed E-state index contributed by atoms with van der Waals surface area (Å²) in [5.74, 6) is -0.0920. The van der Waals surface area contributed by atoms with Crippen molar-refractivity contribution in [2.45, 2.75) is 56.4 Å². The van der Waals surface area contributed by atoms with Gasteiger partial charge in [0, 0.05) is 12.0 Å². The van der Waals surface area contributed by atoms with Crippen LogP contribution in [-0.2, 0) is 19.8 Å². The number of amides is 3. The van der Waals surface area contributed by atoms with Crippen LogP contribution in [0.4, 0.5) is 0 Å². The molecule has 3 unspecified atom stereocenters. The Kier molecular flexibility index (Phi) is 6.00. The number of fused-ring (bicyclic) bond motifs is 1. The average Bonchev–Trinajstić information content (AvgIpc) is 3.51. The van der Waals surface area contributed by atoms with Crippen LogP contribution >= 0.6 is 11.8 Å². The fourth-order valence-electron chi connectivity index (χ4n) is 4.99. The molecule has 2 saturated carbocycles. The number of nitrogens with one attached hydrogen (secondary N) is 1. The molecule has 2 aliphatic carbocycles. The highest BCUT2D eigenvalue weighted by molar-refractivity contribution is 7.98. The molecule has 0 bridgehead atoms. The number of carbonyl (C=O) groups excluding carboxylic acids is 3. The summed E-state index contributed by atoms with van der Waals surface area (Å²) in [7, 11) is 0. The van der Waals surface area contributed by atoms with E-state index in [0.717, 1.165) is 44.3 Å². The first-order valence-electron chi connectivity index (χ1n) is 10.8. The van der Waals surface area contributed by atoms with Crippen LogP contribution in [0.25, 0.3) is 0 Å². The predicted molar refractivity (Wildman–Crippen MR) is 114 cm³/mol. The zero-order valence-electron chi connectivity index (χ0n) is 17.1. The molecule has 5 nitrogen and oxygen atoms in total. The quantitative estimate of drug-likeness (QED) is 0.664. The van der Waals surface area contributed by atoms with Gasteiger partial charge in [-0.2, -0.15) is 11.8 Å². The van der Waals surface area contributed by atoms with Gasteiger partial charge in [0.2, 0.25) is 17.7 Å². The SMILES string of the molecule is CSCCC(C(=O)NCC1(c2ccccc2)CC1)N1C(=O)C2CCCCC2C1=O. The minimum absolute atomic E-state index is 0.00793. The van der Waals surface area contributed by atoms with Gasteiger partial charge in [-0.15, -0.1) is 0 Å². The van der Waals surface area contributed by atoms with Crippen molar-refractivity contribution in [3.8, 4) is 0 Å². The van der Waals surface area contributed by atoms with E-state index in [4.69, 9.17) is 0 Å². The van der Waals surface area contributed by atoms with Gasteiger partial charge in [0.15, 0.2) is 0 Å². The molecule has 3 atom stereocenters. The number of rotatable bonds is 8. The van der Waals surface area contributed by atoms with Crippen LogP contribution in [0.5, 0.6) is 0 Å². The number of likely N-dealkylation sites (tertiary alicyclic amines) is 1. The van der Waals surface area contributed by atoms with Crippen molar-refractivity contribution < 1.29 is 14.4 Å². The number of hydrogen-bond donors (Lipinski definition) is 1. The Morgan fingerprint density at radius 2 is 1.76 bits per heavy atom. The van der Waals surface area contributed by atoms with Crippen LogP contribution in [0.1, 0.15) is 50.5 Å². The second kappa shape index (κ2) is 8.50. The molecule has 1 aliphatic heterocycles. The molecule has 29 heavy (non-hydrogen) atoms. The summed E-state index contributed by atoms with van der Waals surface area (Å²) in [6.07, 6.45) is 8.15. The van der Waals surface area contributed by atoms with Gasteiger partial charge in [-0.25, -0.2) is 0 Å². The van der Waals surface area contributed by atoms with Crippen LogP contribution in [0.2, 0.25) is 0 Å². The number of thioether (sulfide) groups is 1. The number of imide groups is 1. The van der Waals surface area contributed by atoms with Crippen molar-refractivity contribution in [2.24, 2.45) is 11.8 Å². The zero-order chi connectivity index (χ0) is 20.4. The van der Waals surface area contributed by atoms with Gasteiger partial charge < -0.3 is 5.32 Å². The first-order valence-corrected chi connectivity index (χ1v) is 12.2. The Hall–Kier alpha value is -1.82. The van der Waals surface area contributed by atoms with Crippen molar-refractivity contribution in [3.63, 3.8) is 0 Å². The highest BCUT2D eigenvalue weighted by Crippen LogP contribution is 2.47. The maximum absolute atomic E-state index is 13.2. The van der Waals surface area contributed by atoms with E-state index >= 15 is 0 Å². The maximum Gasteiger partial charge on any atom is 0.243 e. The molecular weight excluding hydrogens is 384 g/mol. The van der Waals surface area contributed by atoms with Gasteiger partial charge in [-0.3, -0.25) is 19.3 Å². The van der Waals surface area contributed by atoms with E-state index < -0.39 is 6.04 Å². The lowest BCUT2D eigenvalue weighted by molar-refractivity contribution is -0.148. The van der Waals surface area contributed by atoms with Crippen molar-refractivity contribution in [1.29, 1.82) is 0 Å². The van der Waals surface area contributed by atoms with E-state index in [0.29, 0.717) is 13.0 Å². The molecule has 0 aromatic heterocycles. The standard InChI is InChI=1S/C23H30N2O3S/c1-29-14-11-19(25-21(27)17-9-5-6-10-18(17)22(25)28)20(26)24-15-23(12-13-23)16-7-3-2-4-8-16/h2-4,7-8,17-19H,5-6,9-15H2,1H3,(H,24,26). The molecule has 3 amide bonds. The van der Waals surface area contributed by atoms with E-state index in [1.54, 1.807) is 11.8 Å². The molecule has 1 heterocycles. The summed E-state index contributed by atoms with van der Waals surface area (Å²) in [5.41, 5.74) is 1.26. The summed E-state index contributed by atoms with van der Waals surface area (Å²) in [5, 5.41) is 3.10. The van der Waals surface area contributed by atoms with Gasteiger partial charge in [-0.1, -0.05) is 43.2 Å². The number of nitrogens with zero attached hydrogens (tertiary/aromatic N) is 1. The molecular formula is C23H30N2O3S. The number of carbonyl (C=O) groups is 3. The molecule has 0 spiro atoms. The molecule has 4 rings (SSSR count). The van der Waals surface area contributed by atoms with Crippen molar-refractivity contribution in [3.05, 3.63) is 35.9 Å². The first kappa shape index (κ1) is 20.5. The molecule has 156 valence electrons. The van der Waals surface area contributed by atoms with Gasteiger partial charge in [0.1, 0.15) is 6.04 Å².